The van der Waals surface area contributed by atoms with Gasteiger partial charge >= 0.3 is 0 Å². The molecular formula is C13H21N3O. The summed E-state index contributed by atoms with van der Waals surface area (Å²) in [6.07, 6.45) is 4.79. The van der Waals surface area contributed by atoms with Crippen molar-refractivity contribution in [3.63, 3.8) is 0 Å². The van der Waals surface area contributed by atoms with Crippen LogP contribution in [-0.2, 0) is 0 Å². The van der Waals surface area contributed by atoms with E-state index in [-0.39, 0.29) is 5.91 Å². The van der Waals surface area contributed by atoms with Gasteiger partial charge in [-0.25, -0.2) is 0 Å². The highest BCUT2D eigenvalue weighted by molar-refractivity contribution is 5.96. The summed E-state index contributed by atoms with van der Waals surface area (Å²) in [5, 5.41) is 7.00. The van der Waals surface area contributed by atoms with Gasteiger partial charge in [0.1, 0.15) is 0 Å². The maximum Gasteiger partial charge on any atom is 0.257 e. The molecule has 94 valence electrons. The quantitative estimate of drug-likeness (QED) is 0.874. The van der Waals surface area contributed by atoms with Crippen LogP contribution in [0.25, 0.3) is 0 Å². The SMILES string of the molecule is CCN(C(=O)c1c(C)n[nH]c1C)C1CCCC1. The molecular weight excluding hydrogens is 214 g/mol. The second-order valence-corrected chi connectivity index (χ2v) is 4.84. The van der Waals surface area contributed by atoms with Crippen LogP contribution >= 0.6 is 0 Å². The number of hydrogen-bond donors (Lipinski definition) is 1. The van der Waals surface area contributed by atoms with Gasteiger partial charge < -0.3 is 4.90 Å². The first kappa shape index (κ1) is 12.1. The molecule has 1 aromatic rings. The zero-order valence-corrected chi connectivity index (χ0v) is 10.9. The molecule has 1 heterocycles. The van der Waals surface area contributed by atoms with E-state index >= 15 is 0 Å². The van der Waals surface area contributed by atoms with Crippen molar-refractivity contribution in [3.8, 4) is 0 Å². The van der Waals surface area contributed by atoms with E-state index in [0.717, 1.165) is 36.3 Å². The Bertz CT molecular complexity index is 385. The third-order valence-electron chi connectivity index (χ3n) is 3.71. The fraction of sp³-hybridized carbons (Fsp3) is 0.692. The van der Waals surface area contributed by atoms with Crippen LogP contribution in [0.3, 0.4) is 0 Å². The van der Waals surface area contributed by atoms with Gasteiger partial charge in [0.2, 0.25) is 0 Å². The number of H-pyrrole nitrogens is 1. The topological polar surface area (TPSA) is 49.0 Å². The van der Waals surface area contributed by atoms with Gasteiger partial charge in [-0.3, -0.25) is 9.89 Å². The molecule has 17 heavy (non-hydrogen) atoms. The molecule has 1 fully saturated rings. The summed E-state index contributed by atoms with van der Waals surface area (Å²) in [6.45, 7) is 6.64. The number of carbonyl (C=O) groups is 1. The Morgan fingerprint density at radius 2 is 2.06 bits per heavy atom. The second-order valence-electron chi connectivity index (χ2n) is 4.84. The van der Waals surface area contributed by atoms with Crippen LogP contribution in [0.1, 0.15) is 54.4 Å². The smallest absolute Gasteiger partial charge is 0.257 e. The minimum atomic E-state index is 0.142. The minimum absolute atomic E-state index is 0.142. The summed E-state index contributed by atoms with van der Waals surface area (Å²) in [4.78, 5) is 14.5. The van der Waals surface area contributed by atoms with E-state index in [1.54, 1.807) is 0 Å². The highest BCUT2D eigenvalue weighted by Crippen LogP contribution is 2.25. The molecule has 0 aromatic carbocycles. The zero-order chi connectivity index (χ0) is 12.4. The Labute approximate surface area is 102 Å². The molecule has 0 saturated heterocycles. The van der Waals surface area contributed by atoms with Crippen LogP contribution in [0.5, 0.6) is 0 Å². The van der Waals surface area contributed by atoms with Gasteiger partial charge in [0.15, 0.2) is 0 Å². The maximum atomic E-state index is 12.5. The summed E-state index contributed by atoms with van der Waals surface area (Å²) < 4.78 is 0. The molecule has 0 aliphatic heterocycles. The van der Waals surface area contributed by atoms with E-state index in [1.807, 2.05) is 18.7 Å². The summed E-state index contributed by atoms with van der Waals surface area (Å²) in [5.41, 5.74) is 2.45. The predicted octanol–water partition coefficient (Wildman–Crippen LogP) is 2.43. The normalized spacial score (nSPS) is 16.4. The number of amides is 1. The van der Waals surface area contributed by atoms with Gasteiger partial charge in [0.05, 0.1) is 11.3 Å². The first-order valence-corrected chi connectivity index (χ1v) is 6.47. The lowest BCUT2D eigenvalue weighted by Gasteiger charge is -2.27. The van der Waals surface area contributed by atoms with E-state index in [9.17, 15) is 4.79 Å². The van der Waals surface area contributed by atoms with E-state index in [2.05, 4.69) is 17.1 Å². The van der Waals surface area contributed by atoms with Crippen molar-refractivity contribution < 1.29 is 4.79 Å². The van der Waals surface area contributed by atoms with Gasteiger partial charge in [0, 0.05) is 18.3 Å². The molecule has 2 rings (SSSR count). The van der Waals surface area contributed by atoms with Gasteiger partial charge in [-0.05, 0) is 33.6 Å². The number of nitrogens with one attached hydrogen (secondary N) is 1. The fourth-order valence-corrected chi connectivity index (χ4v) is 2.79. The first-order chi connectivity index (χ1) is 8.15. The Morgan fingerprint density at radius 1 is 1.41 bits per heavy atom. The average molecular weight is 235 g/mol. The van der Waals surface area contributed by atoms with Crippen molar-refractivity contribution in [1.29, 1.82) is 0 Å². The molecule has 0 atom stereocenters. The van der Waals surface area contributed by atoms with Crippen LogP contribution in [0.4, 0.5) is 0 Å². The van der Waals surface area contributed by atoms with Crippen LogP contribution in [0, 0.1) is 13.8 Å². The Kier molecular flexibility index (Phi) is 3.50. The van der Waals surface area contributed by atoms with Crippen molar-refractivity contribution in [2.24, 2.45) is 0 Å². The van der Waals surface area contributed by atoms with Gasteiger partial charge in [-0.2, -0.15) is 5.10 Å². The number of aryl methyl sites for hydroxylation is 2. The standard InChI is InChI=1S/C13H21N3O/c1-4-16(11-7-5-6-8-11)13(17)12-9(2)14-15-10(12)3/h11H,4-8H2,1-3H3,(H,14,15). The highest BCUT2D eigenvalue weighted by atomic mass is 16.2. The summed E-state index contributed by atoms with van der Waals surface area (Å²) in [5.74, 6) is 0.142. The molecule has 0 spiro atoms. The molecule has 0 radical (unpaired) electrons. The number of carbonyl (C=O) groups excluding carboxylic acids is 1. The summed E-state index contributed by atoms with van der Waals surface area (Å²) in [7, 11) is 0. The molecule has 4 heteroatoms. The van der Waals surface area contributed by atoms with Crippen molar-refractivity contribution in [2.45, 2.75) is 52.5 Å². The molecule has 1 N–H and O–H groups in total. The monoisotopic (exact) mass is 235 g/mol. The number of hydrogen-bond acceptors (Lipinski definition) is 2. The largest absolute Gasteiger partial charge is 0.336 e. The minimum Gasteiger partial charge on any atom is -0.336 e. The second kappa shape index (κ2) is 4.90. The number of rotatable bonds is 3. The van der Waals surface area contributed by atoms with Crippen molar-refractivity contribution >= 4 is 5.91 Å². The Balaban J connectivity index is 2.22. The maximum absolute atomic E-state index is 12.5. The molecule has 4 nitrogen and oxygen atoms in total. The lowest BCUT2D eigenvalue weighted by atomic mass is 10.1. The highest BCUT2D eigenvalue weighted by Gasteiger charge is 2.28. The molecule has 0 unspecified atom stereocenters. The van der Waals surface area contributed by atoms with Crippen molar-refractivity contribution in [1.82, 2.24) is 15.1 Å². The van der Waals surface area contributed by atoms with Crippen LogP contribution in [-0.4, -0.2) is 33.6 Å². The molecule has 1 saturated carbocycles. The van der Waals surface area contributed by atoms with Crippen molar-refractivity contribution in [3.05, 3.63) is 17.0 Å². The molecule has 0 bridgehead atoms. The molecule has 1 aliphatic carbocycles. The van der Waals surface area contributed by atoms with E-state index < -0.39 is 0 Å². The Morgan fingerprint density at radius 3 is 2.53 bits per heavy atom. The Hall–Kier alpha value is -1.32. The lowest BCUT2D eigenvalue weighted by molar-refractivity contribution is 0.0692. The first-order valence-electron chi connectivity index (χ1n) is 6.47. The van der Waals surface area contributed by atoms with Crippen molar-refractivity contribution in [2.75, 3.05) is 6.54 Å². The third kappa shape index (κ3) is 2.21. The summed E-state index contributed by atoms with van der Waals surface area (Å²) in [6, 6.07) is 0.432. The molecule has 1 aliphatic rings. The van der Waals surface area contributed by atoms with Crippen LogP contribution in [0.15, 0.2) is 0 Å². The number of aromatic amines is 1. The average Bonchev–Trinajstić information content (AvgIpc) is 2.90. The van der Waals surface area contributed by atoms with E-state index in [4.69, 9.17) is 0 Å². The number of aromatic nitrogens is 2. The predicted molar refractivity (Wildman–Crippen MR) is 67.0 cm³/mol. The zero-order valence-electron chi connectivity index (χ0n) is 10.9. The van der Waals surface area contributed by atoms with Crippen LogP contribution < -0.4 is 0 Å². The van der Waals surface area contributed by atoms with Gasteiger partial charge in [0.25, 0.3) is 5.91 Å². The molecule has 1 aromatic heterocycles. The molecule has 1 amide bonds. The number of nitrogens with zero attached hydrogens (tertiary/aromatic N) is 2. The lowest BCUT2D eigenvalue weighted by Crippen LogP contribution is -2.39. The van der Waals surface area contributed by atoms with E-state index in [1.165, 1.54) is 12.8 Å². The fourth-order valence-electron chi connectivity index (χ4n) is 2.79. The van der Waals surface area contributed by atoms with E-state index in [0.29, 0.717) is 6.04 Å². The summed E-state index contributed by atoms with van der Waals surface area (Å²) >= 11 is 0. The third-order valence-corrected chi connectivity index (χ3v) is 3.71. The van der Waals surface area contributed by atoms with Gasteiger partial charge in [-0.1, -0.05) is 12.8 Å². The van der Waals surface area contributed by atoms with Gasteiger partial charge in [-0.15, -0.1) is 0 Å². The van der Waals surface area contributed by atoms with Crippen LogP contribution in [0.2, 0.25) is 0 Å².